The summed E-state index contributed by atoms with van der Waals surface area (Å²) in [5, 5.41) is 6.44. The van der Waals surface area contributed by atoms with Crippen molar-refractivity contribution >= 4 is 12.0 Å². The molecule has 1 N–H and O–H groups in total. The fourth-order valence-electron chi connectivity index (χ4n) is 0.159. The first-order chi connectivity index (χ1) is 4.09. The summed E-state index contributed by atoms with van der Waals surface area (Å²) >= 11 is 0. The van der Waals surface area contributed by atoms with Crippen molar-refractivity contribution in [3.05, 3.63) is 0 Å². The van der Waals surface area contributed by atoms with Crippen LogP contribution in [-0.2, 0) is 4.79 Å². The molecule has 0 aromatic heterocycles. The van der Waals surface area contributed by atoms with Gasteiger partial charge >= 0.3 is 6.09 Å². The molecule has 0 aliphatic rings. The van der Waals surface area contributed by atoms with Crippen molar-refractivity contribution in [2.75, 3.05) is 6.67 Å². The average molecular weight is 139 g/mol. The molecule has 0 bridgehead atoms. The second-order valence-corrected chi connectivity index (χ2v) is 1.09. The number of halogens is 2. The van der Waals surface area contributed by atoms with E-state index in [2.05, 4.69) is 0 Å². The highest BCUT2D eigenvalue weighted by Gasteiger charge is 2.19. The molecule has 0 saturated carbocycles. The lowest BCUT2D eigenvalue weighted by Gasteiger charge is -1.99. The maximum atomic E-state index is 11.6. The number of rotatable bonds is 1. The third-order valence-electron chi connectivity index (χ3n) is 0.501. The maximum absolute atomic E-state index is 11.6. The molecule has 2 amide bonds. The van der Waals surface area contributed by atoms with Crippen LogP contribution in [0.15, 0.2) is 0 Å². The van der Waals surface area contributed by atoms with Crippen LogP contribution in [0.1, 0.15) is 0 Å². The zero-order chi connectivity index (χ0) is 7.44. The standard InChI is InChI=1S/C3H3F2NO3/c4-1-2(7)6(5)3(8)9/h1H2,(H,8,9). The van der Waals surface area contributed by atoms with E-state index in [1.54, 1.807) is 0 Å². The van der Waals surface area contributed by atoms with E-state index in [0.29, 0.717) is 0 Å². The first-order valence-corrected chi connectivity index (χ1v) is 1.87. The van der Waals surface area contributed by atoms with E-state index in [9.17, 15) is 18.5 Å². The highest BCUT2D eigenvalue weighted by Crippen LogP contribution is 1.90. The van der Waals surface area contributed by atoms with Crippen molar-refractivity contribution in [1.29, 1.82) is 0 Å². The van der Waals surface area contributed by atoms with Crippen molar-refractivity contribution in [2.24, 2.45) is 0 Å². The van der Waals surface area contributed by atoms with Gasteiger partial charge in [0, 0.05) is 0 Å². The van der Waals surface area contributed by atoms with E-state index < -0.39 is 23.8 Å². The molecule has 4 nitrogen and oxygen atoms in total. The molecule has 0 aromatic carbocycles. The van der Waals surface area contributed by atoms with Crippen molar-refractivity contribution in [3.63, 3.8) is 0 Å². The van der Waals surface area contributed by atoms with Crippen LogP contribution in [0, 0.1) is 0 Å². The van der Waals surface area contributed by atoms with E-state index in [1.807, 2.05) is 0 Å². The Balaban J connectivity index is 3.88. The van der Waals surface area contributed by atoms with E-state index in [-0.39, 0.29) is 0 Å². The molecule has 0 spiro atoms. The Bertz CT molecular complexity index is 137. The minimum Gasteiger partial charge on any atom is -0.463 e. The molecule has 0 fully saturated rings. The van der Waals surface area contributed by atoms with Gasteiger partial charge in [0.1, 0.15) is 0 Å². The summed E-state index contributed by atoms with van der Waals surface area (Å²) in [6.45, 7) is -1.65. The summed E-state index contributed by atoms with van der Waals surface area (Å²) < 4.78 is 22.7. The number of carbonyl (C=O) groups excluding carboxylic acids is 1. The summed E-state index contributed by atoms with van der Waals surface area (Å²) in [7, 11) is 0. The van der Waals surface area contributed by atoms with E-state index >= 15 is 0 Å². The van der Waals surface area contributed by atoms with Gasteiger partial charge in [0.15, 0.2) is 6.67 Å². The largest absolute Gasteiger partial charge is 0.463 e. The van der Waals surface area contributed by atoms with E-state index in [4.69, 9.17) is 5.11 Å². The second-order valence-electron chi connectivity index (χ2n) is 1.09. The van der Waals surface area contributed by atoms with E-state index in [0.717, 1.165) is 0 Å². The summed E-state index contributed by atoms with van der Waals surface area (Å²) in [5.74, 6) is -1.72. The van der Waals surface area contributed by atoms with Crippen molar-refractivity contribution < 1.29 is 23.6 Å². The molecule has 0 radical (unpaired) electrons. The lowest BCUT2D eigenvalue weighted by atomic mass is 10.7. The lowest BCUT2D eigenvalue weighted by molar-refractivity contribution is -0.142. The number of hydrogen-bond acceptors (Lipinski definition) is 2. The molecule has 0 aliphatic carbocycles. The van der Waals surface area contributed by atoms with Crippen molar-refractivity contribution in [1.82, 2.24) is 5.12 Å². The number of hydrogen-bond donors (Lipinski definition) is 1. The van der Waals surface area contributed by atoms with Crippen LogP contribution >= 0.6 is 0 Å². The van der Waals surface area contributed by atoms with Gasteiger partial charge in [-0.2, -0.15) is 0 Å². The van der Waals surface area contributed by atoms with Gasteiger partial charge in [0.2, 0.25) is 0 Å². The Hall–Kier alpha value is -1.20. The topological polar surface area (TPSA) is 57.6 Å². The maximum Gasteiger partial charge on any atom is 0.443 e. The molecule has 52 valence electrons. The fourth-order valence-corrected chi connectivity index (χ4v) is 0.159. The predicted molar refractivity (Wildman–Crippen MR) is 22.0 cm³/mol. The highest BCUT2D eigenvalue weighted by atomic mass is 19.2. The summed E-state index contributed by atoms with van der Waals surface area (Å²) in [5.41, 5.74) is 0. The lowest BCUT2D eigenvalue weighted by Crippen LogP contribution is -2.28. The summed E-state index contributed by atoms with van der Waals surface area (Å²) in [6, 6.07) is 0. The molecule has 0 saturated heterocycles. The monoisotopic (exact) mass is 139 g/mol. The van der Waals surface area contributed by atoms with Crippen LogP contribution < -0.4 is 0 Å². The molecule has 0 aromatic rings. The number of carbonyl (C=O) groups is 2. The number of amides is 2. The fraction of sp³-hybridized carbons (Fsp3) is 0.333. The average Bonchev–Trinajstić information content (AvgIpc) is 1.84. The van der Waals surface area contributed by atoms with Crippen molar-refractivity contribution in [2.45, 2.75) is 0 Å². The van der Waals surface area contributed by atoms with Crippen LogP contribution in [0.4, 0.5) is 13.7 Å². The molecular formula is C3H3F2NO3. The number of carboxylic acid groups (broad SMARTS) is 1. The van der Waals surface area contributed by atoms with Gasteiger partial charge in [-0.25, -0.2) is 9.18 Å². The first-order valence-electron chi connectivity index (χ1n) is 1.87. The minimum absolute atomic E-state index is 1.21. The minimum atomic E-state index is -2.11. The molecule has 0 heterocycles. The smallest absolute Gasteiger partial charge is 0.443 e. The Morgan fingerprint density at radius 3 is 2.11 bits per heavy atom. The number of imide groups is 1. The normalized spacial score (nSPS) is 8.67. The quantitative estimate of drug-likeness (QED) is 0.533. The zero-order valence-corrected chi connectivity index (χ0v) is 4.17. The van der Waals surface area contributed by atoms with Gasteiger partial charge in [-0.3, -0.25) is 4.79 Å². The molecule has 0 atom stereocenters. The van der Waals surface area contributed by atoms with Crippen LogP contribution in [0.5, 0.6) is 0 Å². The van der Waals surface area contributed by atoms with Crippen LogP contribution in [0.2, 0.25) is 0 Å². The van der Waals surface area contributed by atoms with E-state index in [1.165, 1.54) is 0 Å². The number of nitrogens with zero attached hydrogens (tertiary/aromatic N) is 1. The molecule has 9 heavy (non-hydrogen) atoms. The summed E-state index contributed by atoms with van der Waals surface area (Å²) in [4.78, 5) is 19.2. The molecule has 6 heteroatoms. The molecular weight excluding hydrogens is 136 g/mol. The Morgan fingerprint density at radius 1 is 1.56 bits per heavy atom. The van der Waals surface area contributed by atoms with Crippen LogP contribution in [-0.4, -0.2) is 28.9 Å². The van der Waals surface area contributed by atoms with Gasteiger partial charge in [0.05, 0.1) is 0 Å². The van der Waals surface area contributed by atoms with Crippen LogP contribution in [0.3, 0.4) is 0 Å². The molecule has 0 rings (SSSR count). The molecule has 0 unspecified atom stereocenters. The summed E-state index contributed by atoms with van der Waals surface area (Å²) in [6.07, 6.45) is -2.11. The third-order valence-corrected chi connectivity index (χ3v) is 0.501. The van der Waals surface area contributed by atoms with Crippen LogP contribution in [0.25, 0.3) is 0 Å². The first kappa shape index (κ1) is 7.80. The highest BCUT2D eigenvalue weighted by molar-refractivity contribution is 5.90. The second kappa shape index (κ2) is 2.95. The Morgan fingerprint density at radius 2 is 2.00 bits per heavy atom. The van der Waals surface area contributed by atoms with Gasteiger partial charge in [-0.1, -0.05) is 9.60 Å². The van der Waals surface area contributed by atoms with Gasteiger partial charge in [-0.05, 0) is 0 Å². The van der Waals surface area contributed by atoms with Crippen molar-refractivity contribution in [3.8, 4) is 0 Å². The zero-order valence-electron chi connectivity index (χ0n) is 4.17. The third kappa shape index (κ3) is 2.02. The Kier molecular flexibility index (Phi) is 2.56. The Labute approximate surface area is 48.6 Å². The SMILES string of the molecule is O=C(O)N(F)C(=O)CF. The predicted octanol–water partition coefficient (Wildman–Crippen LogP) is 0.347. The number of alkyl halides is 1. The van der Waals surface area contributed by atoms with Gasteiger partial charge < -0.3 is 5.11 Å². The molecule has 0 aliphatic heterocycles. The van der Waals surface area contributed by atoms with Gasteiger partial charge in [0.25, 0.3) is 5.91 Å². The van der Waals surface area contributed by atoms with Gasteiger partial charge in [-0.15, -0.1) is 0 Å².